The Kier molecular flexibility index (Phi) is 3.59. The highest BCUT2D eigenvalue weighted by Crippen LogP contribution is 2.22. The Hall–Kier alpha value is -1.65. The fourth-order valence-corrected chi connectivity index (χ4v) is 3.02. The SMILES string of the molecule is Cc1cc(C)c2c(C[NH+]3CCOCC3)cc(=O)oc2c1. The van der Waals surface area contributed by atoms with Gasteiger partial charge in [-0.25, -0.2) is 4.79 Å². The minimum atomic E-state index is -0.259. The zero-order valence-electron chi connectivity index (χ0n) is 12.0. The van der Waals surface area contributed by atoms with Crippen LogP contribution >= 0.6 is 0 Å². The van der Waals surface area contributed by atoms with Crippen LogP contribution in [0.15, 0.2) is 27.4 Å². The Morgan fingerprint density at radius 1 is 1.15 bits per heavy atom. The minimum Gasteiger partial charge on any atom is -0.423 e. The first kappa shape index (κ1) is 13.3. The van der Waals surface area contributed by atoms with Crippen LogP contribution in [0.3, 0.4) is 0 Å². The van der Waals surface area contributed by atoms with E-state index >= 15 is 0 Å². The molecule has 4 heteroatoms. The summed E-state index contributed by atoms with van der Waals surface area (Å²) in [4.78, 5) is 13.2. The van der Waals surface area contributed by atoms with Crippen molar-refractivity contribution in [2.24, 2.45) is 0 Å². The molecule has 1 N–H and O–H groups in total. The van der Waals surface area contributed by atoms with Gasteiger partial charge in [0.2, 0.25) is 0 Å². The van der Waals surface area contributed by atoms with Gasteiger partial charge >= 0.3 is 5.63 Å². The van der Waals surface area contributed by atoms with Gasteiger partial charge in [0.25, 0.3) is 0 Å². The molecule has 106 valence electrons. The molecule has 0 atom stereocenters. The van der Waals surface area contributed by atoms with Crippen LogP contribution in [0, 0.1) is 13.8 Å². The third-order valence-corrected chi connectivity index (χ3v) is 3.91. The number of fused-ring (bicyclic) bond motifs is 1. The van der Waals surface area contributed by atoms with Crippen molar-refractivity contribution in [1.29, 1.82) is 0 Å². The van der Waals surface area contributed by atoms with E-state index in [4.69, 9.17) is 9.15 Å². The normalized spacial score (nSPS) is 16.7. The van der Waals surface area contributed by atoms with E-state index in [-0.39, 0.29) is 5.63 Å². The molecule has 1 aliphatic heterocycles. The second kappa shape index (κ2) is 5.38. The molecule has 0 saturated carbocycles. The summed E-state index contributed by atoms with van der Waals surface area (Å²) in [7, 11) is 0. The highest BCUT2D eigenvalue weighted by molar-refractivity contribution is 5.84. The van der Waals surface area contributed by atoms with Crippen molar-refractivity contribution >= 4 is 11.0 Å². The highest BCUT2D eigenvalue weighted by atomic mass is 16.5. The molecule has 1 aromatic carbocycles. The van der Waals surface area contributed by atoms with Gasteiger partial charge in [0, 0.05) is 17.0 Å². The van der Waals surface area contributed by atoms with Crippen molar-refractivity contribution in [3.05, 3.63) is 45.3 Å². The summed E-state index contributed by atoms with van der Waals surface area (Å²) in [5.74, 6) is 0. The number of aryl methyl sites for hydroxylation is 2. The molecule has 1 aliphatic rings. The van der Waals surface area contributed by atoms with Crippen molar-refractivity contribution in [2.45, 2.75) is 20.4 Å². The molecule has 0 amide bonds. The number of hydrogen-bond donors (Lipinski definition) is 1. The lowest BCUT2D eigenvalue weighted by atomic mass is 10.0. The molecule has 0 bridgehead atoms. The molecular formula is C16H20NO3+. The largest absolute Gasteiger partial charge is 0.423 e. The second-order valence-corrected chi connectivity index (χ2v) is 5.58. The summed E-state index contributed by atoms with van der Waals surface area (Å²) in [5.41, 5.74) is 3.83. The Labute approximate surface area is 118 Å². The summed E-state index contributed by atoms with van der Waals surface area (Å²) < 4.78 is 10.8. The van der Waals surface area contributed by atoms with E-state index < -0.39 is 0 Å². The van der Waals surface area contributed by atoms with Crippen LogP contribution in [-0.2, 0) is 11.3 Å². The van der Waals surface area contributed by atoms with Gasteiger partial charge in [-0.2, -0.15) is 0 Å². The number of nitrogens with one attached hydrogen (secondary N) is 1. The first-order valence-corrected chi connectivity index (χ1v) is 7.09. The first-order chi connectivity index (χ1) is 9.63. The second-order valence-electron chi connectivity index (χ2n) is 5.58. The molecule has 4 nitrogen and oxygen atoms in total. The van der Waals surface area contributed by atoms with E-state index in [9.17, 15) is 4.79 Å². The summed E-state index contributed by atoms with van der Waals surface area (Å²) in [6.45, 7) is 8.54. The lowest BCUT2D eigenvalue weighted by Gasteiger charge is -2.24. The predicted octanol–water partition coefficient (Wildman–Crippen LogP) is 0.825. The maximum Gasteiger partial charge on any atom is 0.336 e. The summed E-state index contributed by atoms with van der Waals surface area (Å²) in [6, 6.07) is 5.73. The Balaban J connectivity index is 2.06. The molecule has 2 aromatic rings. The molecule has 1 fully saturated rings. The molecule has 1 aromatic heterocycles. The van der Waals surface area contributed by atoms with Crippen molar-refractivity contribution < 1.29 is 14.1 Å². The van der Waals surface area contributed by atoms with Crippen molar-refractivity contribution in [1.82, 2.24) is 0 Å². The topological polar surface area (TPSA) is 43.9 Å². The predicted molar refractivity (Wildman–Crippen MR) is 77.2 cm³/mol. The summed E-state index contributed by atoms with van der Waals surface area (Å²) in [5, 5.41) is 1.09. The molecule has 2 heterocycles. The standard InChI is InChI=1S/C16H19NO3/c1-11-7-12(2)16-13(9-15(18)20-14(16)8-11)10-17-3-5-19-6-4-17/h7-9H,3-6,10H2,1-2H3/p+1. The van der Waals surface area contributed by atoms with E-state index in [1.807, 2.05) is 13.0 Å². The molecule has 0 radical (unpaired) electrons. The molecule has 0 aliphatic carbocycles. The van der Waals surface area contributed by atoms with Gasteiger partial charge in [0.05, 0.1) is 13.2 Å². The number of hydrogen-bond acceptors (Lipinski definition) is 3. The van der Waals surface area contributed by atoms with E-state index in [0.29, 0.717) is 5.58 Å². The molecule has 20 heavy (non-hydrogen) atoms. The maximum absolute atomic E-state index is 11.8. The van der Waals surface area contributed by atoms with Gasteiger partial charge in [-0.1, -0.05) is 6.07 Å². The molecule has 0 unspecified atom stereocenters. The maximum atomic E-state index is 11.8. The zero-order chi connectivity index (χ0) is 14.1. The van der Waals surface area contributed by atoms with Crippen LogP contribution in [0.1, 0.15) is 16.7 Å². The highest BCUT2D eigenvalue weighted by Gasteiger charge is 2.17. The van der Waals surface area contributed by atoms with E-state index in [1.54, 1.807) is 6.07 Å². The molecule has 3 rings (SSSR count). The van der Waals surface area contributed by atoms with Crippen LogP contribution in [0.4, 0.5) is 0 Å². The Bertz CT molecular complexity index is 684. The quantitative estimate of drug-likeness (QED) is 0.825. The van der Waals surface area contributed by atoms with Crippen LogP contribution in [0.5, 0.6) is 0 Å². The third kappa shape index (κ3) is 2.62. The van der Waals surface area contributed by atoms with Crippen LogP contribution in [-0.4, -0.2) is 26.3 Å². The fraction of sp³-hybridized carbons (Fsp3) is 0.438. The van der Waals surface area contributed by atoms with Crippen LogP contribution in [0.25, 0.3) is 11.0 Å². The number of morpholine rings is 1. The number of ether oxygens (including phenoxy) is 1. The molecule has 1 saturated heterocycles. The monoisotopic (exact) mass is 274 g/mol. The van der Waals surface area contributed by atoms with Gasteiger partial charge in [0.1, 0.15) is 25.2 Å². The van der Waals surface area contributed by atoms with Gasteiger partial charge in [-0.05, 0) is 31.0 Å². The molecular weight excluding hydrogens is 254 g/mol. The number of benzene rings is 1. The van der Waals surface area contributed by atoms with Crippen LogP contribution < -0.4 is 10.5 Å². The summed E-state index contributed by atoms with van der Waals surface area (Å²) in [6.07, 6.45) is 0. The van der Waals surface area contributed by atoms with E-state index in [0.717, 1.165) is 49.4 Å². The van der Waals surface area contributed by atoms with Gasteiger partial charge < -0.3 is 14.1 Å². The average Bonchev–Trinajstić information content (AvgIpc) is 2.38. The fourth-order valence-electron chi connectivity index (χ4n) is 3.02. The van der Waals surface area contributed by atoms with Gasteiger partial charge in [-0.15, -0.1) is 0 Å². The number of rotatable bonds is 2. The summed E-state index contributed by atoms with van der Waals surface area (Å²) >= 11 is 0. The van der Waals surface area contributed by atoms with Gasteiger partial charge in [-0.3, -0.25) is 0 Å². The smallest absolute Gasteiger partial charge is 0.336 e. The third-order valence-electron chi connectivity index (χ3n) is 3.91. The lowest BCUT2D eigenvalue weighted by molar-refractivity contribution is -0.921. The Morgan fingerprint density at radius 2 is 1.90 bits per heavy atom. The van der Waals surface area contributed by atoms with Crippen molar-refractivity contribution in [2.75, 3.05) is 26.3 Å². The molecule has 0 spiro atoms. The van der Waals surface area contributed by atoms with Crippen LogP contribution in [0.2, 0.25) is 0 Å². The Morgan fingerprint density at radius 3 is 2.65 bits per heavy atom. The van der Waals surface area contributed by atoms with Crippen molar-refractivity contribution in [3.8, 4) is 0 Å². The number of quaternary nitrogens is 1. The lowest BCUT2D eigenvalue weighted by Crippen LogP contribution is -3.12. The van der Waals surface area contributed by atoms with E-state index in [2.05, 4.69) is 13.0 Å². The first-order valence-electron chi connectivity index (χ1n) is 7.09. The van der Waals surface area contributed by atoms with E-state index in [1.165, 1.54) is 10.5 Å². The zero-order valence-corrected chi connectivity index (χ0v) is 12.0. The van der Waals surface area contributed by atoms with Crippen molar-refractivity contribution in [3.63, 3.8) is 0 Å². The minimum absolute atomic E-state index is 0.259. The average molecular weight is 274 g/mol. The van der Waals surface area contributed by atoms with Gasteiger partial charge in [0.15, 0.2) is 0 Å².